The average Bonchev–Trinajstić information content (AvgIpc) is 3.29. The monoisotopic (exact) mass is 418 g/mol. The van der Waals surface area contributed by atoms with Gasteiger partial charge in [-0.15, -0.1) is 0 Å². The van der Waals surface area contributed by atoms with E-state index >= 15 is 0 Å². The van der Waals surface area contributed by atoms with Crippen molar-refractivity contribution in [2.45, 2.75) is 34.7 Å². The molecule has 27 heavy (non-hydrogen) atoms. The molecule has 0 spiro atoms. The first-order valence-electron chi connectivity index (χ1n) is 7.65. The third-order valence-corrected chi connectivity index (χ3v) is 7.49. The number of thioether (sulfide) groups is 2. The van der Waals surface area contributed by atoms with Crippen LogP contribution in [0.5, 0.6) is 0 Å². The normalized spacial score (nSPS) is 36.4. The molecule has 0 aromatic carbocycles. The van der Waals surface area contributed by atoms with Gasteiger partial charge in [0.15, 0.2) is 0 Å². The Morgan fingerprint density at radius 2 is 1.30 bits per heavy atom. The second-order valence-corrected chi connectivity index (χ2v) is 9.01. The maximum Gasteiger partial charge on any atom is 0.424 e. The zero-order valence-electron chi connectivity index (χ0n) is 13.3. The Kier molecular flexibility index (Phi) is 3.69. The summed E-state index contributed by atoms with van der Waals surface area (Å²) >= 11 is 1.52. The van der Waals surface area contributed by atoms with Gasteiger partial charge < -0.3 is 4.74 Å². The lowest BCUT2D eigenvalue weighted by atomic mass is 10.1. The summed E-state index contributed by atoms with van der Waals surface area (Å²) in [6.07, 6.45) is -3.28. The quantitative estimate of drug-likeness (QED) is 0.333. The molecule has 13 nitrogen and oxygen atoms in total. The molecular formula is C12H10N4O9S2. The van der Waals surface area contributed by atoms with Gasteiger partial charge in [0.1, 0.15) is 0 Å². The van der Waals surface area contributed by atoms with E-state index in [0.717, 1.165) is 23.5 Å². The van der Waals surface area contributed by atoms with E-state index in [-0.39, 0.29) is 25.9 Å². The number of amides is 2. The van der Waals surface area contributed by atoms with Gasteiger partial charge >= 0.3 is 23.5 Å². The van der Waals surface area contributed by atoms with Gasteiger partial charge in [0.25, 0.3) is 10.2 Å². The number of hydrogen-bond acceptors (Lipinski definition) is 11. The van der Waals surface area contributed by atoms with Gasteiger partial charge in [0, 0.05) is 23.6 Å². The molecule has 4 bridgehead atoms. The highest BCUT2D eigenvalue weighted by Gasteiger charge is 2.72. The van der Waals surface area contributed by atoms with E-state index < -0.39 is 54.1 Å². The van der Waals surface area contributed by atoms with Crippen molar-refractivity contribution in [2.24, 2.45) is 0 Å². The van der Waals surface area contributed by atoms with E-state index in [9.17, 15) is 39.4 Å². The number of likely N-dealkylation sites (tertiary alicyclic amines) is 2. The molecule has 0 aliphatic carbocycles. The van der Waals surface area contributed by atoms with Crippen LogP contribution in [0.2, 0.25) is 0 Å². The van der Waals surface area contributed by atoms with E-state index in [1.165, 1.54) is 0 Å². The molecule has 0 aromatic heterocycles. The van der Waals surface area contributed by atoms with E-state index in [1.54, 1.807) is 0 Å². The highest BCUT2D eigenvalue weighted by Crippen LogP contribution is 2.49. The molecule has 0 saturated carbocycles. The Hall–Kier alpha value is -2.42. The number of nitro groups is 2. The van der Waals surface area contributed by atoms with Crippen molar-refractivity contribution < 1.29 is 33.8 Å². The molecule has 0 aromatic rings. The maximum atomic E-state index is 12.3. The zero-order valence-corrected chi connectivity index (χ0v) is 14.9. The van der Waals surface area contributed by atoms with E-state index in [1.807, 2.05) is 0 Å². The first-order chi connectivity index (χ1) is 12.6. The summed E-state index contributed by atoms with van der Waals surface area (Å²) in [6, 6.07) is 0. The Labute approximate surface area is 158 Å². The first-order valence-corrected chi connectivity index (χ1v) is 9.41. The van der Waals surface area contributed by atoms with Gasteiger partial charge in [-0.1, -0.05) is 23.5 Å². The predicted octanol–water partition coefficient (Wildman–Crippen LogP) is -0.116. The minimum absolute atomic E-state index is 0.165. The van der Waals surface area contributed by atoms with Gasteiger partial charge in [-0.2, -0.15) is 0 Å². The van der Waals surface area contributed by atoms with Crippen LogP contribution in [0.4, 0.5) is 9.59 Å². The largest absolute Gasteiger partial charge is 0.424 e. The fourth-order valence-corrected chi connectivity index (χ4v) is 6.46. The minimum atomic E-state index is -2.30. The Balaban J connectivity index is 1.55. The van der Waals surface area contributed by atoms with Crippen molar-refractivity contribution in [3.8, 4) is 0 Å². The molecule has 4 atom stereocenters. The summed E-state index contributed by atoms with van der Waals surface area (Å²) in [7, 11) is 0. The zero-order chi connectivity index (χ0) is 19.7. The Bertz CT molecular complexity index is 770. The van der Waals surface area contributed by atoms with Crippen molar-refractivity contribution in [2.75, 3.05) is 13.1 Å². The van der Waals surface area contributed by atoms with Gasteiger partial charge in [-0.05, 0) is 0 Å². The van der Waals surface area contributed by atoms with Crippen molar-refractivity contribution in [1.82, 2.24) is 9.80 Å². The summed E-state index contributed by atoms with van der Waals surface area (Å²) in [4.78, 5) is 70.9. The van der Waals surface area contributed by atoms with Crippen LogP contribution in [-0.4, -0.2) is 77.0 Å². The summed E-state index contributed by atoms with van der Waals surface area (Å²) in [5, 5.41) is 20.2. The summed E-state index contributed by atoms with van der Waals surface area (Å²) < 4.78 is 4.61. The molecule has 4 aliphatic rings. The topological polar surface area (TPSA) is 170 Å². The van der Waals surface area contributed by atoms with Crippen LogP contribution in [0.1, 0.15) is 12.8 Å². The van der Waals surface area contributed by atoms with Crippen LogP contribution in [0.15, 0.2) is 0 Å². The average molecular weight is 418 g/mol. The third kappa shape index (κ3) is 2.14. The predicted molar refractivity (Wildman–Crippen MR) is 86.7 cm³/mol. The lowest BCUT2D eigenvalue weighted by Crippen LogP contribution is -2.60. The Morgan fingerprint density at radius 3 is 1.59 bits per heavy atom. The Morgan fingerprint density at radius 1 is 0.926 bits per heavy atom. The lowest BCUT2D eigenvalue weighted by Gasteiger charge is -2.31. The summed E-state index contributed by atoms with van der Waals surface area (Å²) in [5.74, 6) is 0. The number of nitrogens with zero attached hydrogens (tertiary/aromatic N) is 4. The van der Waals surface area contributed by atoms with Crippen LogP contribution in [0, 0.1) is 20.2 Å². The first kappa shape index (κ1) is 18.0. The van der Waals surface area contributed by atoms with Crippen molar-refractivity contribution in [1.29, 1.82) is 0 Å². The maximum absolute atomic E-state index is 12.3. The van der Waals surface area contributed by atoms with Crippen LogP contribution < -0.4 is 0 Å². The van der Waals surface area contributed by atoms with Crippen LogP contribution in [0.25, 0.3) is 0 Å². The molecule has 4 fully saturated rings. The van der Waals surface area contributed by atoms with E-state index in [0.29, 0.717) is 9.80 Å². The smallest absolute Gasteiger partial charge is 0.359 e. The number of rotatable bonds is 2. The standard InChI is InChI=1S/C12H10N4O9S2/c17-7-11(15(21)22)1-5(26-7)3-13(11)9(19)25-10(20)14-4-6-2-12(14,16(23)24)8(18)27-6/h5-6H,1-4H2/t5-,6-,11-,12-/m0/s1. The SMILES string of the molecule is O=C(OC(=O)N1C[C@@H]2C[C@]1([N+](=O)[O-])C(=O)S2)N1C[C@@H]2C[C@]1([N+](=O)[O-])C(=O)S2. The fraction of sp³-hybridized carbons (Fsp3) is 0.667. The number of fused-ring (bicyclic) bond motifs is 4. The van der Waals surface area contributed by atoms with Gasteiger partial charge in [0.2, 0.25) is 0 Å². The van der Waals surface area contributed by atoms with Crippen LogP contribution in [0.3, 0.4) is 0 Å². The minimum Gasteiger partial charge on any atom is -0.359 e. The molecule has 4 aliphatic heterocycles. The molecular weight excluding hydrogens is 408 g/mol. The second kappa shape index (κ2) is 5.54. The molecule has 2 amide bonds. The van der Waals surface area contributed by atoms with Gasteiger partial charge in [0.05, 0.1) is 22.7 Å². The van der Waals surface area contributed by atoms with Crippen LogP contribution in [-0.2, 0) is 14.3 Å². The van der Waals surface area contributed by atoms with Crippen molar-refractivity contribution >= 4 is 45.9 Å². The van der Waals surface area contributed by atoms with Gasteiger partial charge in [-0.25, -0.2) is 19.4 Å². The van der Waals surface area contributed by atoms with E-state index in [4.69, 9.17) is 0 Å². The van der Waals surface area contributed by atoms with Crippen molar-refractivity contribution in [3.05, 3.63) is 20.2 Å². The summed E-state index contributed by atoms with van der Waals surface area (Å²) in [5.41, 5.74) is -4.60. The lowest BCUT2D eigenvalue weighted by molar-refractivity contribution is -0.571. The third-order valence-electron chi connectivity index (χ3n) is 5.11. The molecule has 4 saturated heterocycles. The summed E-state index contributed by atoms with van der Waals surface area (Å²) in [6.45, 7) is -0.331. The number of ether oxygens (including phenoxy) is 1. The van der Waals surface area contributed by atoms with Crippen molar-refractivity contribution in [3.63, 3.8) is 0 Å². The molecule has 0 unspecified atom stereocenters. The number of carbonyl (C=O) groups is 4. The molecule has 0 N–H and O–H groups in total. The second-order valence-electron chi connectivity index (χ2n) is 6.47. The molecule has 0 radical (unpaired) electrons. The molecule has 15 heteroatoms. The molecule has 144 valence electrons. The number of carbonyl (C=O) groups excluding carboxylic acids is 4. The van der Waals surface area contributed by atoms with Gasteiger partial charge in [-0.3, -0.25) is 29.8 Å². The molecule has 4 heterocycles. The highest BCUT2D eigenvalue weighted by molar-refractivity contribution is 8.15. The molecule has 4 rings (SSSR count). The number of hydrogen-bond donors (Lipinski definition) is 0. The van der Waals surface area contributed by atoms with E-state index in [2.05, 4.69) is 4.74 Å². The van der Waals surface area contributed by atoms with Crippen LogP contribution >= 0.6 is 23.5 Å². The highest BCUT2D eigenvalue weighted by atomic mass is 32.2. The fourth-order valence-electron chi connectivity index (χ4n) is 3.86.